The van der Waals surface area contributed by atoms with Crippen molar-refractivity contribution < 1.29 is 9.18 Å². The Hall–Kier alpha value is -1.85. The first kappa shape index (κ1) is 10.7. The van der Waals surface area contributed by atoms with Gasteiger partial charge in [0, 0.05) is 20.1 Å². The third-order valence-corrected chi connectivity index (χ3v) is 2.67. The van der Waals surface area contributed by atoms with E-state index in [1.807, 2.05) is 0 Å². The van der Waals surface area contributed by atoms with E-state index in [-0.39, 0.29) is 23.8 Å². The lowest BCUT2D eigenvalue weighted by Crippen LogP contribution is -2.49. The molecule has 0 atom stereocenters. The summed E-state index contributed by atoms with van der Waals surface area (Å²) in [7, 11) is 1.73. The lowest BCUT2D eigenvalue weighted by atomic mass is 10.2. The van der Waals surface area contributed by atoms with Crippen molar-refractivity contribution in [3.8, 4) is 0 Å². The fourth-order valence-corrected chi connectivity index (χ4v) is 1.73. The number of nitrogen functional groups attached to an aromatic ring is 1. The van der Waals surface area contributed by atoms with Crippen LogP contribution in [0.4, 0.5) is 15.8 Å². The number of amides is 1. The molecule has 2 heterocycles. The third kappa shape index (κ3) is 1.78. The van der Waals surface area contributed by atoms with Gasteiger partial charge in [0.2, 0.25) is 5.91 Å². The number of pyridine rings is 1. The maximum Gasteiger partial charge on any atom is 0.241 e. The molecule has 6 heteroatoms. The van der Waals surface area contributed by atoms with E-state index in [1.165, 1.54) is 6.20 Å². The molecule has 1 aromatic rings. The number of carbonyl (C=O) groups is 1. The lowest BCUT2D eigenvalue weighted by molar-refractivity contribution is -0.129. The summed E-state index contributed by atoms with van der Waals surface area (Å²) in [4.78, 5) is 18.4. The summed E-state index contributed by atoms with van der Waals surface area (Å²) >= 11 is 0. The van der Waals surface area contributed by atoms with Crippen LogP contribution in [-0.4, -0.2) is 42.5 Å². The van der Waals surface area contributed by atoms with Gasteiger partial charge in [0.05, 0.1) is 24.6 Å². The lowest BCUT2D eigenvalue weighted by Gasteiger charge is -2.34. The van der Waals surface area contributed by atoms with E-state index < -0.39 is 5.82 Å². The number of rotatable bonds is 1. The molecular formula is C10H13FN4O. The van der Waals surface area contributed by atoms with E-state index in [2.05, 4.69) is 4.98 Å². The van der Waals surface area contributed by atoms with Crippen molar-refractivity contribution in [3.05, 3.63) is 18.2 Å². The summed E-state index contributed by atoms with van der Waals surface area (Å²) in [6.45, 7) is 1.30. The van der Waals surface area contributed by atoms with Gasteiger partial charge >= 0.3 is 0 Å². The molecule has 2 N–H and O–H groups in total. The van der Waals surface area contributed by atoms with Crippen molar-refractivity contribution in [1.82, 2.24) is 9.88 Å². The van der Waals surface area contributed by atoms with Crippen molar-refractivity contribution in [3.63, 3.8) is 0 Å². The van der Waals surface area contributed by atoms with Crippen molar-refractivity contribution >= 4 is 17.3 Å². The van der Waals surface area contributed by atoms with Gasteiger partial charge in [-0.15, -0.1) is 0 Å². The fraction of sp³-hybridized carbons (Fsp3) is 0.400. The summed E-state index contributed by atoms with van der Waals surface area (Å²) in [5, 5.41) is 0. The molecule has 0 bridgehead atoms. The Kier molecular flexibility index (Phi) is 2.64. The van der Waals surface area contributed by atoms with Gasteiger partial charge in [-0.2, -0.15) is 0 Å². The molecule has 0 aromatic carbocycles. The predicted molar refractivity (Wildman–Crippen MR) is 58.5 cm³/mol. The molecule has 0 aliphatic carbocycles. The van der Waals surface area contributed by atoms with Crippen LogP contribution in [0.1, 0.15) is 0 Å². The maximum atomic E-state index is 13.6. The Bertz CT molecular complexity index is 403. The summed E-state index contributed by atoms with van der Waals surface area (Å²) in [6, 6.07) is 0. The van der Waals surface area contributed by atoms with E-state index in [1.54, 1.807) is 16.8 Å². The van der Waals surface area contributed by atoms with Gasteiger partial charge < -0.3 is 15.5 Å². The van der Waals surface area contributed by atoms with E-state index in [9.17, 15) is 9.18 Å². The number of piperazine rings is 1. The quantitative estimate of drug-likeness (QED) is 0.734. The minimum absolute atomic E-state index is 0.0399. The highest BCUT2D eigenvalue weighted by atomic mass is 19.1. The molecule has 1 aliphatic heterocycles. The molecule has 1 fully saturated rings. The number of nitrogens with two attached hydrogens (primary N) is 1. The van der Waals surface area contributed by atoms with Crippen LogP contribution in [0.5, 0.6) is 0 Å². The fourth-order valence-electron chi connectivity index (χ4n) is 1.73. The zero-order valence-corrected chi connectivity index (χ0v) is 8.98. The number of nitrogens with zero attached hydrogens (tertiary/aromatic N) is 3. The molecule has 86 valence electrons. The first-order valence-corrected chi connectivity index (χ1v) is 4.97. The molecule has 0 spiro atoms. The highest BCUT2D eigenvalue weighted by molar-refractivity contribution is 5.84. The van der Waals surface area contributed by atoms with Crippen LogP contribution in [0.25, 0.3) is 0 Å². The largest absolute Gasteiger partial charge is 0.396 e. The zero-order chi connectivity index (χ0) is 11.7. The van der Waals surface area contributed by atoms with Crippen molar-refractivity contribution in [2.75, 3.05) is 37.3 Å². The van der Waals surface area contributed by atoms with Crippen LogP contribution in [-0.2, 0) is 4.79 Å². The molecule has 0 unspecified atom stereocenters. The second-order valence-corrected chi connectivity index (χ2v) is 3.80. The second kappa shape index (κ2) is 3.96. The predicted octanol–water partition coefficient (Wildman–Crippen LogP) is 0.0813. The minimum atomic E-state index is -0.489. The second-order valence-electron chi connectivity index (χ2n) is 3.80. The third-order valence-electron chi connectivity index (χ3n) is 2.67. The number of hydrogen-bond donors (Lipinski definition) is 1. The molecule has 1 aromatic heterocycles. The monoisotopic (exact) mass is 224 g/mol. The van der Waals surface area contributed by atoms with Crippen LogP contribution in [0.2, 0.25) is 0 Å². The zero-order valence-electron chi connectivity index (χ0n) is 8.98. The minimum Gasteiger partial charge on any atom is -0.396 e. The van der Waals surface area contributed by atoms with Crippen molar-refractivity contribution in [2.24, 2.45) is 0 Å². The molecule has 1 aliphatic rings. The Morgan fingerprint density at radius 1 is 1.44 bits per heavy atom. The van der Waals surface area contributed by atoms with Crippen molar-refractivity contribution in [2.45, 2.75) is 0 Å². The average Bonchev–Trinajstić information content (AvgIpc) is 2.23. The highest BCUT2D eigenvalue weighted by Crippen LogP contribution is 2.26. The normalized spacial score (nSPS) is 16.8. The van der Waals surface area contributed by atoms with E-state index in [0.29, 0.717) is 13.1 Å². The average molecular weight is 224 g/mol. The van der Waals surface area contributed by atoms with Crippen LogP contribution >= 0.6 is 0 Å². The van der Waals surface area contributed by atoms with Gasteiger partial charge in [0.1, 0.15) is 5.69 Å². The highest BCUT2D eigenvalue weighted by Gasteiger charge is 2.24. The van der Waals surface area contributed by atoms with E-state index in [4.69, 9.17) is 5.73 Å². The molecule has 5 nitrogen and oxygen atoms in total. The van der Waals surface area contributed by atoms with E-state index >= 15 is 0 Å². The molecule has 16 heavy (non-hydrogen) atoms. The Morgan fingerprint density at radius 2 is 2.19 bits per heavy atom. The van der Waals surface area contributed by atoms with E-state index in [0.717, 1.165) is 6.20 Å². The summed E-state index contributed by atoms with van der Waals surface area (Å²) in [5.74, 6) is -0.529. The van der Waals surface area contributed by atoms with Crippen LogP contribution in [0, 0.1) is 5.82 Å². The number of halogens is 1. The molecule has 0 radical (unpaired) electrons. The molecule has 1 saturated heterocycles. The number of anilines is 2. The number of aromatic nitrogens is 1. The summed E-state index contributed by atoms with van der Waals surface area (Å²) < 4.78 is 13.6. The number of carbonyl (C=O) groups excluding carboxylic acids is 1. The standard InChI is InChI=1S/C10H13FN4O/c1-14-2-3-15(6-9(14)16)10-7(11)4-13-5-8(10)12/h4-5H,2-3,6,12H2,1H3. The van der Waals surface area contributed by atoms with Crippen LogP contribution in [0.15, 0.2) is 12.4 Å². The van der Waals surface area contributed by atoms with Gasteiger partial charge in [-0.25, -0.2) is 4.39 Å². The van der Waals surface area contributed by atoms with Crippen molar-refractivity contribution in [1.29, 1.82) is 0 Å². The van der Waals surface area contributed by atoms with Gasteiger partial charge in [-0.05, 0) is 0 Å². The maximum absolute atomic E-state index is 13.6. The molecule has 0 saturated carbocycles. The van der Waals surface area contributed by atoms with Crippen LogP contribution < -0.4 is 10.6 Å². The van der Waals surface area contributed by atoms with Gasteiger partial charge in [-0.1, -0.05) is 0 Å². The van der Waals surface area contributed by atoms with Crippen LogP contribution in [0.3, 0.4) is 0 Å². The Balaban J connectivity index is 2.28. The smallest absolute Gasteiger partial charge is 0.241 e. The SMILES string of the molecule is CN1CCN(c2c(N)cncc2F)CC1=O. The summed E-state index contributed by atoms with van der Waals surface area (Å²) in [5.41, 5.74) is 6.20. The van der Waals surface area contributed by atoms with Gasteiger partial charge in [0.25, 0.3) is 0 Å². The molecule has 1 amide bonds. The van der Waals surface area contributed by atoms with Gasteiger partial charge in [0.15, 0.2) is 5.82 Å². The number of hydrogen-bond acceptors (Lipinski definition) is 4. The summed E-state index contributed by atoms with van der Waals surface area (Å²) in [6.07, 6.45) is 2.50. The first-order valence-electron chi connectivity index (χ1n) is 4.97. The Morgan fingerprint density at radius 3 is 2.81 bits per heavy atom. The first-order chi connectivity index (χ1) is 7.59. The van der Waals surface area contributed by atoms with Gasteiger partial charge in [-0.3, -0.25) is 9.78 Å². The topological polar surface area (TPSA) is 62.5 Å². The molecule has 2 rings (SSSR count). The molecular weight excluding hydrogens is 211 g/mol. The Labute approximate surface area is 92.7 Å². The number of likely N-dealkylation sites (N-methyl/N-ethyl adjacent to an activating group) is 1.